The Hall–Kier alpha value is -1.68. The van der Waals surface area contributed by atoms with Gasteiger partial charge in [-0.05, 0) is 50.8 Å². The van der Waals surface area contributed by atoms with Crippen LogP contribution in [0.5, 0.6) is 0 Å². The van der Waals surface area contributed by atoms with E-state index in [4.69, 9.17) is 0 Å². The van der Waals surface area contributed by atoms with E-state index < -0.39 is 5.41 Å². The smallest absolute Gasteiger partial charge is 0.231 e. The summed E-state index contributed by atoms with van der Waals surface area (Å²) in [5.74, 6) is -0.0675. The Morgan fingerprint density at radius 3 is 2.54 bits per heavy atom. The fourth-order valence-corrected chi connectivity index (χ4v) is 5.17. The number of Topliss-reactive ketones (excluding diaryl/α,β-unsaturated/α-hetero) is 1. The Kier molecular flexibility index (Phi) is 4.64. The second-order valence-electron chi connectivity index (χ2n) is 8.76. The van der Waals surface area contributed by atoms with Crippen LogP contribution in [0.25, 0.3) is 0 Å². The van der Waals surface area contributed by atoms with Crippen molar-refractivity contribution in [1.82, 2.24) is 9.80 Å². The molecule has 4 heteroatoms. The van der Waals surface area contributed by atoms with Crippen molar-refractivity contribution in [3.05, 3.63) is 35.4 Å². The summed E-state index contributed by atoms with van der Waals surface area (Å²) in [6, 6.07) is 8.00. The summed E-state index contributed by atoms with van der Waals surface area (Å²) in [4.78, 5) is 31.2. The quantitative estimate of drug-likeness (QED) is 0.834. The minimum Gasteiger partial charge on any atom is -0.338 e. The number of carbonyl (C=O) groups excluding carboxylic acids is 2. The van der Waals surface area contributed by atoms with Crippen molar-refractivity contribution in [3.8, 4) is 0 Å². The minimum absolute atomic E-state index is 0.111. The predicted octanol–water partition coefficient (Wildman–Crippen LogP) is 3.47. The maximum Gasteiger partial charge on any atom is 0.231 e. The van der Waals surface area contributed by atoms with Crippen molar-refractivity contribution in [2.75, 3.05) is 26.2 Å². The van der Waals surface area contributed by atoms with E-state index in [1.807, 2.05) is 38.1 Å². The SMILES string of the molecule is CC1(C)C(=O)c2ccccc2C1C(=O)N1CCCCC1CN1CCCC1. The highest BCUT2D eigenvalue weighted by atomic mass is 16.2. The molecular weight excluding hydrogens is 324 g/mol. The normalized spacial score (nSPS) is 28.4. The number of piperidine rings is 1. The molecule has 0 radical (unpaired) electrons. The lowest BCUT2D eigenvalue weighted by molar-refractivity contribution is -0.138. The zero-order valence-electron chi connectivity index (χ0n) is 16.0. The molecule has 26 heavy (non-hydrogen) atoms. The molecule has 0 bridgehead atoms. The third-order valence-corrected chi connectivity index (χ3v) is 6.65. The third-order valence-electron chi connectivity index (χ3n) is 6.65. The molecule has 1 aliphatic carbocycles. The summed E-state index contributed by atoms with van der Waals surface area (Å²) >= 11 is 0. The van der Waals surface area contributed by atoms with Gasteiger partial charge < -0.3 is 9.80 Å². The molecule has 2 atom stereocenters. The average molecular weight is 354 g/mol. The Labute approximate surface area is 156 Å². The Morgan fingerprint density at radius 2 is 1.77 bits per heavy atom. The van der Waals surface area contributed by atoms with E-state index >= 15 is 0 Å². The van der Waals surface area contributed by atoms with E-state index in [0.717, 1.165) is 50.1 Å². The number of likely N-dealkylation sites (tertiary alicyclic amines) is 2. The first kappa shape index (κ1) is 17.7. The molecule has 2 unspecified atom stereocenters. The number of ketones is 1. The average Bonchev–Trinajstić information content (AvgIpc) is 3.21. The van der Waals surface area contributed by atoms with Gasteiger partial charge in [0.05, 0.1) is 5.92 Å². The Bertz CT molecular complexity index is 706. The molecule has 2 fully saturated rings. The third kappa shape index (κ3) is 2.88. The Morgan fingerprint density at radius 1 is 1.08 bits per heavy atom. The topological polar surface area (TPSA) is 40.6 Å². The van der Waals surface area contributed by atoms with Crippen molar-refractivity contribution >= 4 is 11.7 Å². The van der Waals surface area contributed by atoms with Crippen LogP contribution in [0.15, 0.2) is 24.3 Å². The van der Waals surface area contributed by atoms with Crippen LogP contribution in [0.1, 0.15) is 67.8 Å². The van der Waals surface area contributed by atoms with E-state index in [1.165, 1.54) is 19.3 Å². The fraction of sp³-hybridized carbons (Fsp3) is 0.636. The van der Waals surface area contributed by atoms with Gasteiger partial charge in [0.2, 0.25) is 5.91 Å². The molecule has 4 rings (SSSR count). The zero-order valence-corrected chi connectivity index (χ0v) is 16.0. The standard InChI is InChI=1S/C22H30N2O2/c1-22(2)19(17-10-3-4-11-18(17)20(22)25)21(26)24-14-6-5-9-16(24)15-23-12-7-8-13-23/h3-4,10-11,16,19H,5-9,12-15H2,1-2H3. The molecule has 0 aromatic heterocycles. The number of nitrogens with zero attached hydrogens (tertiary/aromatic N) is 2. The van der Waals surface area contributed by atoms with E-state index in [0.29, 0.717) is 6.04 Å². The molecule has 0 saturated carbocycles. The molecule has 1 aromatic rings. The summed E-state index contributed by atoms with van der Waals surface area (Å²) in [5, 5.41) is 0. The predicted molar refractivity (Wildman–Crippen MR) is 102 cm³/mol. The summed E-state index contributed by atoms with van der Waals surface area (Å²) in [7, 11) is 0. The fourth-order valence-electron chi connectivity index (χ4n) is 5.17. The minimum atomic E-state index is -0.656. The highest BCUT2D eigenvalue weighted by molar-refractivity contribution is 6.10. The molecule has 2 heterocycles. The van der Waals surface area contributed by atoms with Gasteiger partial charge in [-0.1, -0.05) is 38.1 Å². The van der Waals surface area contributed by atoms with Gasteiger partial charge in [-0.2, -0.15) is 0 Å². The number of hydrogen-bond donors (Lipinski definition) is 0. The molecule has 4 nitrogen and oxygen atoms in total. The van der Waals surface area contributed by atoms with Gasteiger partial charge in [-0.3, -0.25) is 9.59 Å². The first-order valence-electron chi connectivity index (χ1n) is 10.2. The highest BCUT2D eigenvalue weighted by Gasteiger charge is 2.51. The van der Waals surface area contributed by atoms with Gasteiger partial charge in [-0.25, -0.2) is 0 Å². The van der Waals surface area contributed by atoms with Crippen LogP contribution in [0, 0.1) is 5.41 Å². The number of benzene rings is 1. The summed E-state index contributed by atoms with van der Waals surface area (Å²) in [6.45, 7) is 8.03. The van der Waals surface area contributed by atoms with E-state index in [1.54, 1.807) is 0 Å². The van der Waals surface area contributed by atoms with Gasteiger partial charge in [-0.15, -0.1) is 0 Å². The molecule has 0 spiro atoms. The number of fused-ring (bicyclic) bond motifs is 1. The van der Waals surface area contributed by atoms with Crippen molar-refractivity contribution in [2.45, 2.75) is 57.9 Å². The highest BCUT2D eigenvalue weighted by Crippen LogP contribution is 2.48. The van der Waals surface area contributed by atoms with Crippen LogP contribution in [0.4, 0.5) is 0 Å². The zero-order chi connectivity index (χ0) is 18.3. The van der Waals surface area contributed by atoms with Crippen LogP contribution in [0.2, 0.25) is 0 Å². The van der Waals surface area contributed by atoms with Gasteiger partial charge in [0.15, 0.2) is 5.78 Å². The molecule has 3 aliphatic rings. The van der Waals surface area contributed by atoms with Gasteiger partial charge >= 0.3 is 0 Å². The molecular formula is C22H30N2O2. The second-order valence-corrected chi connectivity index (χ2v) is 8.76. The first-order valence-corrected chi connectivity index (χ1v) is 10.2. The van der Waals surface area contributed by atoms with Crippen molar-refractivity contribution in [2.24, 2.45) is 5.41 Å². The van der Waals surface area contributed by atoms with Crippen LogP contribution in [-0.2, 0) is 4.79 Å². The largest absolute Gasteiger partial charge is 0.338 e. The summed E-state index contributed by atoms with van der Waals surface area (Å²) < 4.78 is 0. The molecule has 140 valence electrons. The molecule has 2 aliphatic heterocycles. The lowest BCUT2D eigenvalue weighted by Crippen LogP contribution is -2.52. The summed E-state index contributed by atoms with van der Waals surface area (Å²) in [5.41, 5.74) is 1.01. The lowest BCUT2D eigenvalue weighted by atomic mass is 9.77. The van der Waals surface area contributed by atoms with Crippen LogP contribution in [0.3, 0.4) is 0 Å². The molecule has 2 saturated heterocycles. The monoisotopic (exact) mass is 354 g/mol. The maximum atomic E-state index is 13.7. The van der Waals surface area contributed by atoms with Crippen LogP contribution in [-0.4, -0.2) is 53.7 Å². The molecule has 1 amide bonds. The summed E-state index contributed by atoms with van der Waals surface area (Å²) in [6.07, 6.45) is 5.91. The number of carbonyl (C=O) groups is 2. The maximum absolute atomic E-state index is 13.7. The first-order chi connectivity index (χ1) is 12.5. The van der Waals surface area contributed by atoms with E-state index in [2.05, 4.69) is 9.80 Å². The van der Waals surface area contributed by atoms with Gasteiger partial charge in [0.1, 0.15) is 0 Å². The number of amides is 1. The second kappa shape index (κ2) is 6.80. The molecule has 0 N–H and O–H groups in total. The number of hydrogen-bond acceptors (Lipinski definition) is 3. The van der Waals surface area contributed by atoms with Gasteiger partial charge in [0.25, 0.3) is 0 Å². The van der Waals surface area contributed by atoms with Crippen molar-refractivity contribution < 1.29 is 9.59 Å². The van der Waals surface area contributed by atoms with E-state index in [-0.39, 0.29) is 17.6 Å². The van der Waals surface area contributed by atoms with Crippen LogP contribution < -0.4 is 0 Å². The van der Waals surface area contributed by atoms with Crippen LogP contribution >= 0.6 is 0 Å². The Balaban J connectivity index is 1.61. The lowest BCUT2D eigenvalue weighted by Gasteiger charge is -2.41. The number of rotatable bonds is 3. The van der Waals surface area contributed by atoms with Gasteiger partial charge in [0, 0.05) is 30.1 Å². The van der Waals surface area contributed by atoms with Crippen molar-refractivity contribution in [1.29, 1.82) is 0 Å². The molecule has 1 aromatic carbocycles. The van der Waals surface area contributed by atoms with E-state index in [9.17, 15) is 9.59 Å². The van der Waals surface area contributed by atoms with Crippen molar-refractivity contribution in [3.63, 3.8) is 0 Å².